The molecule has 2 aromatic carbocycles. The Morgan fingerprint density at radius 2 is 0.764 bits per heavy atom. The minimum atomic E-state index is -1.67. The topological polar surface area (TPSA) is 371 Å². The second-order valence-electron chi connectivity index (χ2n) is 33.5. The van der Waals surface area contributed by atoms with Crippen molar-refractivity contribution in [3.8, 4) is 35.1 Å². The Morgan fingerprint density at radius 1 is 0.472 bits per heavy atom. The number of carbonyl (C=O) groups excluding carboxylic acids is 8. The molecule has 2 aromatic rings. The number of allylic oxidation sites excluding steroid dienone is 2. The van der Waals surface area contributed by atoms with Crippen LogP contribution in [0.2, 0.25) is 0 Å². The molecule has 9 aliphatic rings. The average Bonchev–Trinajstić information content (AvgIpc) is 1.71. The van der Waals surface area contributed by atoms with Crippen molar-refractivity contribution in [2.45, 2.75) is 246 Å². The number of phenolic OH excluding ortho intramolecular Hbond substituents is 2. The Labute approximate surface area is 751 Å². The molecule has 7 fully saturated rings. The summed E-state index contributed by atoms with van der Waals surface area (Å²) in [5.74, 6) is -0.978. The lowest BCUT2D eigenvalue weighted by Gasteiger charge is -2.37. The lowest BCUT2D eigenvalue weighted by atomic mass is 9.69. The van der Waals surface area contributed by atoms with Crippen LogP contribution < -0.4 is 9.47 Å². The zero-order valence-electron chi connectivity index (χ0n) is 70.2. The van der Waals surface area contributed by atoms with Crippen LogP contribution in [0.15, 0.2) is 89.5 Å². The van der Waals surface area contributed by atoms with E-state index in [1.54, 1.807) is 12.1 Å². The molecule has 0 atom stereocenters. The van der Waals surface area contributed by atoms with Gasteiger partial charge in [-0.2, -0.15) is 0 Å². The van der Waals surface area contributed by atoms with Crippen LogP contribution in [0.5, 0.6) is 23.0 Å². The fraction of sp³-hybridized carbons (Fsp3) is 0.611. The molecule has 6 aliphatic carbocycles. The molecule has 11 rings (SSSR count). The number of benzene rings is 2. The molecule has 0 radical (unpaired) electrons. The number of rotatable bonds is 23. The number of carboxylic acids is 1. The van der Waals surface area contributed by atoms with E-state index < -0.39 is 38.5 Å². The summed E-state index contributed by atoms with van der Waals surface area (Å²) in [6, 6.07) is 7.17. The monoisotopic (exact) mass is 1830 g/mol. The molecule has 0 spiro atoms. The maximum absolute atomic E-state index is 14.1. The summed E-state index contributed by atoms with van der Waals surface area (Å²) in [7, 11) is 7.36. The van der Waals surface area contributed by atoms with Gasteiger partial charge in [-0.25, -0.2) is 38.8 Å². The fourth-order valence-electron chi connectivity index (χ4n) is 17.0. The quantitative estimate of drug-likeness (QED) is 0.0107. The second-order valence-corrected chi connectivity index (χ2v) is 40.6. The largest absolute Gasteiger partial charge is 0.507 e. The first-order chi connectivity index (χ1) is 58.2. The maximum atomic E-state index is 14.1. The van der Waals surface area contributed by atoms with Gasteiger partial charge in [-0.1, -0.05) is 116 Å². The summed E-state index contributed by atoms with van der Waals surface area (Å²) in [6.45, 7) is 38.7. The van der Waals surface area contributed by atoms with Crippen LogP contribution in [0, 0.1) is 107 Å². The molecule has 0 unspecified atom stereocenters. The van der Waals surface area contributed by atoms with Crippen molar-refractivity contribution in [1.29, 1.82) is 10.5 Å². The molecule has 672 valence electrons. The van der Waals surface area contributed by atoms with E-state index in [1.165, 1.54) is 36.4 Å². The predicted octanol–water partition coefficient (Wildman–Crippen LogP) is 20.0. The van der Waals surface area contributed by atoms with E-state index in [2.05, 4.69) is 50.8 Å². The van der Waals surface area contributed by atoms with Gasteiger partial charge in [0.15, 0.2) is 0 Å². The normalized spacial score (nSPS) is 24.6. The van der Waals surface area contributed by atoms with E-state index in [0.717, 1.165) is 183 Å². The highest BCUT2D eigenvalue weighted by Crippen LogP contribution is 2.63. The first kappa shape index (κ1) is 104. The van der Waals surface area contributed by atoms with Crippen LogP contribution in [0.3, 0.4) is 0 Å². The standard InChI is InChI=1S/C52H64N2O12S2.C19H28O6.C14H12N2O2S2.C4H8O.CH4.Cl2OS/c1-7-42(55)61-25-27-63-47(57)35-17-9-31(10-18-35)33-13-21-37(22-14-33)49(59)65-41-29-39(52(3,4)5)44(46-45(41)67-51(68-46)40(30-53)54-6)66-50(60)38-23-15-34(16-24-38)32-11-19-36(20-12-32)48(58)64-28-26-62-43(56)8-2;1-2-17(20)24-11-12-25-19(23)16-9-5-14(6-10-16)13-3-7-15(8-4-13)18(21)22;1-14(2,3)7-5-9(17)11-12(10(7)18)20-13(19-11)8(6-15)16-4;1-2-4-5-3-1;;1-4(2)3/h7-8,29,31-38H,1-2,9-28H2,3-5H3;2,13-16H,1,3-12H2,(H,21,22);5,17-18H,1-3H3;1-4H2;1H4;/b51-40-;;13-8-;;;. The van der Waals surface area contributed by atoms with Crippen molar-refractivity contribution in [3.05, 3.63) is 104 Å². The highest BCUT2D eigenvalue weighted by molar-refractivity contribution is 8.26. The Kier molecular flexibility index (Phi) is 43.5. The van der Waals surface area contributed by atoms with Crippen LogP contribution in [-0.2, 0) is 96.4 Å². The molecule has 3 aliphatic heterocycles. The van der Waals surface area contributed by atoms with Gasteiger partial charge in [-0.05, 0) is 225 Å². The molecule has 3 N–H and O–H groups in total. The Hall–Kier alpha value is -7.98. The first-order valence-electron chi connectivity index (χ1n) is 41.6. The number of carboxylic acid groups (broad SMARTS) is 1. The van der Waals surface area contributed by atoms with Gasteiger partial charge in [-0.3, -0.25) is 28.8 Å². The SMILES string of the molecule is C.C1CCOC1.C=CC(=O)OCCOC(=O)C1CCC(C2CCC(C(=O)O)CC2)CC1.O=S(Cl)Cl.[C-]#[N+]/C(C#N)=C1/Sc2c(O)cc(C(C)(C)C)c(O)c2S1.[C-]#[N+]/C(C#N)=C1/Sc2c(OC(=O)C3CCC(C4CCC(C(=O)OCCOC(=O)C=C)CC4)CC3)cc(C(C)(C)C)c(OC(=O)C3CCC(C4CCC(C(=O)OCCOC(=O)C=C)CC4)CC3)c2S1. The van der Waals surface area contributed by atoms with E-state index in [1.807, 2.05) is 53.7 Å². The van der Waals surface area contributed by atoms with E-state index in [9.17, 15) is 58.6 Å². The van der Waals surface area contributed by atoms with Crippen molar-refractivity contribution in [1.82, 2.24) is 0 Å². The highest BCUT2D eigenvalue weighted by Gasteiger charge is 2.43. The lowest BCUT2D eigenvalue weighted by Crippen LogP contribution is -2.32. The summed E-state index contributed by atoms with van der Waals surface area (Å²) in [5, 5.41) is 48.4. The zero-order valence-corrected chi connectivity index (χ0v) is 75.8. The predicted molar refractivity (Wildman–Crippen MR) is 470 cm³/mol. The molecule has 0 amide bonds. The number of phenols is 2. The van der Waals surface area contributed by atoms with Crippen molar-refractivity contribution in [3.63, 3.8) is 0 Å². The number of esters is 8. The smallest absolute Gasteiger partial charge is 0.330 e. The van der Waals surface area contributed by atoms with Crippen LogP contribution in [-0.4, -0.2) is 126 Å². The number of nitrogens with zero attached hydrogens (tertiary/aromatic N) is 4. The molecular formula is C90H116Cl2N4O22S5. The third-order valence-corrected chi connectivity index (χ3v) is 28.9. The fourth-order valence-corrected chi connectivity index (χ4v) is 21.9. The molecule has 6 saturated carbocycles. The number of thioether (sulfide) groups is 4. The van der Waals surface area contributed by atoms with Gasteiger partial charge < -0.3 is 58.0 Å². The number of fused-ring (bicyclic) bond motifs is 2. The molecule has 0 bridgehead atoms. The number of hydrogen-bond acceptors (Lipinski definition) is 27. The molecule has 26 nitrogen and oxygen atoms in total. The van der Waals surface area contributed by atoms with E-state index in [-0.39, 0.29) is 141 Å². The second kappa shape index (κ2) is 51.6. The molecule has 123 heavy (non-hydrogen) atoms. The van der Waals surface area contributed by atoms with Crippen LogP contribution >= 0.6 is 68.4 Å². The van der Waals surface area contributed by atoms with E-state index >= 15 is 0 Å². The van der Waals surface area contributed by atoms with Gasteiger partial charge in [-0.15, -0.1) is 0 Å². The number of aliphatic carboxylic acids is 1. The summed E-state index contributed by atoms with van der Waals surface area (Å²) in [5.41, 5.74) is 0.360. The minimum Gasteiger partial charge on any atom is -0.507 e. The van der Waals surface area contributed by atoms with Gasteiger partial charge in [0, 0.05) is 63.9 Å². The summed E-state index contributed by atoms with van der Waals surface area (Å²) in [6.07, 6.45) is 25.8. The Morgan fingerprint density at radius 3 is 1.06 bits per heavy atom. The highest BCUT2D eigenvalue weighted by atomic mass is 36.0. The number of halogens is 2. The number of aromatic hydroxyl groups is 2. The molecule has 0 aromatic heterocycles. The maximum Gasteiger partial charge on any atom is 0.330 e. The minimum absolute atomic E-state index is 0. The van der Waals surface area contributed by atoms with Gasteiger partial charge >= 0.3 is 53.7 Å². The summed E-state index contributed by atoms with van der Waals surface area (Å²) >= 11 is 4.70. The van der Waals surface area contributed by atoms with E-state index in [0.29, 0.717) is 112 Å². The average molecular weight is 1840 g/mol. The van der Waals surface area contributed by atoms with Crippen molar-refractivity contribution < 1.29 is 105 Å². The van der Waals surface area contributed by atoms with Gasteiger partial charge in [0.1, 0.15) is 62.6 Å². The van der Waals surface area contributed by atoms with Crippen LogP contribution in [0.25, 0.3) is 9.69 Å². The van der Waals surface area contributed by atoms with Crippen molar-refractivity contribution in [2.24, 2.45) is 71.0 Å². The number of nitriles is 2. The zero-order chi connectivity index (χ0) is 89.4. The molecule has 1 saturated heterocycles. The summed E-state index contributed by atoms with van der Waals surface area (Å²) in [4.78, 5) is 119. The number of carbonyl (C=O) groups is 9. The van der Waals surface area contributed by atoms with Crippen LogP contribution in [0.4, 0.5) is 0 Å². The Balaban J connectivity index is 0.000000341. The number of ether oxygens (including phenoxy) is 9. The van der Waals surface area contributed by atoms with Crippen LogP contribution in [0.1, 0.15) is 227 Å². The summed E-state index contributed by atoms with van der Waals surface area (Å²) < 4.78 is 58.1. The molecule has 3 heterocycles. The van der Waals surface area contributed by atoms with Crippen molar-refractivity contribution in [2.75, 3.05) is 52.9 Å². The Bertz CT molecular complexity index is 4280. The van der Waals surface area contributed by atoms with Gasteiger partial charge in [0.2, 0.25) is 9.23 Å². The van der Waals surface area contributed by atoms with Gasteiger partial charge in [0.25, 0.3) is 11.4 Å². The van der Waals surface area contributed by atoms with Gasteiger partial charge in [0.05, 0.1) is 88.8 Å². The number of hydrogen-bond donors (Lipinski definition) is 3. The lowest BCUT2D eigenvalue weighted by molar-refractivity contribution is -0.154. The molecular weight excluding hydrogens is 1720 g/mol. The third kappa shape index (κ3) is 31.8. The van der Waals surface area contributed by atoms with Crippen molar-refractivity contribution >= 4 is 131 Å². The third-order valence-electron chi connectivity index (χ3n) is 23.7. The first-order valence-corrected chi connectivity index (χ1v) is 47.7. The van der Waals surface area contributed by atoms with E-state index in [4.69, 9.17) is 70.4 Å². The molecule has 33 heteroatoms.